The van der Waals surface area contributed by atoms with Gasteiger partial charge in [0.05, 0.1) is 0 Å². The highest BCUT2D eigenvalue weighted by Crippen LogP contribution is 2.36. The van der Waals surface area contributed by atoms with E-state index in [2.05, 4.69) is 25.7 Å². The minimum Gasteiger partial charge on any atom is -0.326 e. The van der Waals surface area contributed by atoms with Gasteiger partial charge in [-0.05, 0) is 64.5 Å². The average Bonchev–Trinajstić information content (AvgIpc) is 2.47. The van der Waals surface area contributed by atoms with Crippen molar-refractivity contribution >= 4 is 0 Å². The Morgan fingerprint density at radius 1 is 1.05 bits per heavy atom. The zero-order valence-electron chi connectivity index (χ0n) is 13.3. The molecule has 1 heterocycles. The molecule has 0 bridgehead atoms. The number of hydrogen-bond acceptors (Lipinski definition) is 2. The largest absolute Gasteiger partial charge is 0.326 e. The van der Waals surface area contributed by atoms with Crippen molar-refractivity contribution in [2.75, 3.05) is 13.1 Å². The Morgan fingerprint density at radius 2 is 1.63 bits per heavy atom. The zero-order valence-corrected chi connectivity index (χ0v) is 13.3. The molecule has 0 aromatic heterocycles. The lowest BCUT2D eigenvalue weighted by atomic mass is 9.72. The van der Waals surface area contributed by atoms with Crippen LogP contribution in [0.15, 0.2) is 0 Å². The molecule has 1 saturated carbocycles. The Kier molecular flexibility index (Phi) is 5.30. The minimum atomic E-state index is 0.185. The molecule has 19 heavy (non-hydrogen) atoms. The number of nitrogens with two attached hydrogens (primary N) is 1. The Bertz CT molecular complexity index is 260. The molecule has 1 saturated heterocycles. The summed E-state index contributed by atoms with van der Waals surface area (Å²) in [6.07, 6.45) is 11.0. The monoisotopic (exact) mass is 266 g/mol. The second-order valence-electron chi connectivity index (χ2n) is 7.42. The van der Waals surface area contributed by atoms with Crippen molar-refractivity contribution in [2.24, 2.45) is 17.6 Å². The summed E-state index contributed by atoms with van der Waals surface area (Å²) >= 11 is 0. The molecule has 0 aromatic carbocycles. The highest BCUT2D eigenvalue weighted by atomic mass is 15.2. The summed E-state index contributed by atoms with van der Waals surface area (Å²) in [4.78, 5) is 2.66. The lowest BCUT2D eigenvalue weighted by Crippen LogP contribution is -2.60. The number of rotatable bonds is 4. The van der Waals surface area contributed by atoms with Crippen LogP contribution in [0.4, 0.5) is 0 Å². The topological polar surface area (TPSA) is 29.3 Å². The summed E-state index contributed by atoms with van der Waals surface area (Å²) in [5.74, 6) is 1.72. The Morgan fingerprint density at radius 3 is 2.16 bits per heavy atom. The van der Waals surface area contributed by atoms with Crippen LogP contribution in [0.1, 0.15) is 72.1 Å². The molecule has 2 aliphatic rings. The van der Waals surface area contributed by atoms with Gasteiger partial charge in [0.1, 0.15) is 0 Å². The predicted molar refractivity (Wildman–Crippen MR) is 83.2 cm³/mol. The van der Waals surface area contributed by atoms with E-state index in [4.69, 9.17) is 5.73 Å². The van der Waals surface area contributed by atoms with Gasteiger partial charge in [-0.3, -0.25) is 4.90 Å². The fourth-order valence-electron chi connectivity index (χ4n) is 4.21. The van der Waals surface area contributed by atoms with E-state index in [-0.39, 0.29) is 5.54 Å². The molecule has 1 unspecified atom stereocenters. The maximum atomic E-state index is 6.70. The SMILES string of the molecule is CCC1CCC(C(N)C(C)(C)N2CCCCC2)CC1. The van der Waals surface area contributed by atoms with Gasteiger partial charge in [-0.25, -0.2) is 0 Å². The van der Waals surface area contributed by atoms with Gasteiger partial charge in [0.2, 0.25) is 0 Å². The first kappa shape index (κ1) is 15.3. The third kappa shape index (κ3) is 3.52. The molecule has 2 N–H and O–H groups in total. The van der Waals surface area contributed by atoms with E-state index in [0.29, 0.717) is 6.04 Å². The summed E-state index contributed by atoms with van der Waals surface area (Å²) in [6.45, 7) is 9.61. The summed E-state index contributed by atoms with van der Waals surface area (Å²) in [5.41, 5.74) is 6.89. The number of nitrogens with zero attached hydrogens (tertiary/aromatic N) is 1. The normalized spacial score (nSPS) is 32.2. The van der Waals surface area contributed by atoms with Crippen molar-refractivity contribution in [3.8, 4) is 0 Å². The summed E-state index contributed by atoms with van der Waals surface area (Å²) in [6, 6.07) is 0.350. The molecule has 1 aliphatic heterocycles. The molecule has 0 radical (unpaired) electrons. The Hall–Kier alpha value is -0.0800. The molecule has 1 aliphatic carbocycles. The van der Waals surface area contributed by atoms with Gasteiger partial charge in [-0.15, -0.1) is 0 Å². The van der Waals surface area contributed by atoms with Crippen LogP contribution >= 0.6 is 0 Å². The van der Waals surface area contributed by atoms with Crippen LogP contribution in [0.2, 0.25) is 0 Å². The molecular formula is C17H34N2. The maximum Gasteiger partial charge on any atom is 0.0306 e. The smallest absolute Gasteiger partial charge is 0.0306 e. The van der Waals surface area contributed by atoms with Crippen LogP contribution in [-0.2, 0) is 0 Å². The van der Waals surface area contributed by atoms with Gasteiger partial charge >= 0.3 is 0 Å². The van der Waals surface area contributed by atoms with Crippen LogP contribution in [0.3, 0.4) is 0 Å². The van der Waals surface area contributed by atoms with Crippen LogP contribution in [-0.4, -0.2) is 29.6 Å². The summed E-state index contributed by atoms with van der Waals surface area (Å²) in [7, 11) is 0. The van der Waals surface area contributed by atoms with E-state index >= 15 is 0 Å². The molecule has 0 spiro atoms. The summed E-state index contributed by atoms with van der Waals surface area (Å²) < 4.78 is 0. The fraction of sp³-hybridized carbons (Fsp3) is 1.00. The van der Waals surface area contributed by atoms with E-state index in [1.807, 2.05) is 0 Å². The standard InChI is InChI=1S/C17H34N2/c1-4-14-8-10-15(11-9-14)16(18)17(2,3)19-12-6-5-7-13-19/h14-16H,4-13,18H2,1-3H3. The first-order valence-corrected chi connectivity index (χ1v) is 8.56. The number of likely N-dealkylation sites (tertiary alicyclic amines) is 1. The van der Waals surface area contributed by atoms with Gasteiger partial charge in [0.25, 0.3) is 0 Å². The van der Waals surface area contributed by atoms with Crippen molar-refractivity contribution in [1.82, 2.24) is 4.90 Å². The zero-order chi connectivity index (χ0) is 13.9. The molecule has 112 valence electrons. The third-order valence-electron chi connectivity index (χ3n) is 5.96. The summed E-state index contributed by atoms with van der Waals surface area (Å²) in [5, 5.41) is 0. The van der Waals surface area contributed by atoms with E-state index in [1.165, 1.54) is 64.5 Å². The van der Waals surface area contributed by atoms with Crippen LogP contribution in [0, 0.1) is 11.8 Å². The lowest BCUT2D eigenvalue weighted by Gasteiger charge is -2.48. The molecule has 2 rings (SSSR count). The minimum absolute atomic E-state index is 0.185. The molecule has 2 heteroatoms. The number of piperidine rings is 1. The van der Waals surface area contributed by atoms with Gasteiger partial charge in [-0.2, -0.15) is 0 Å². The van der Waals surface area contributed by atoms with Crippen LogP contribution in [0.5, 0.6) is 0 Å². The molecule has 1 atom stereocenters. The van der Waals surface area contributed by atoms with E-state index in [9.17, 15) is 0 Å². The molecular weight excluding hydrogens is 232 g/mol. The van der Waals surface area contributed by atoms with Crippen molar-refractivity contribution in [2.45, 2.75) is 83.7 Å². The molecule has 2 fully saturated rings. The molecule has 0 amide bonds. The van der Waals surface area contributed by atoms with Gasteiger partial charge in [0.15, 0.2) is 0 Å². The maximum absolute atomic E-state index is 6.70. The van der Waals surface area contributed by atoms with Gasteiger partial charge in [0, 0.05) is 11.6 Å². The first-order valence-electron chi connectivity index (χ1n) is 8.56. The third-order valence-corrected chi connectivity index (χ3v) is 5.96. The van der Waals surface area contributed by atoms with E-state index in [0.717, 1.165) is 11.8 Å². The van der Waals surface area contributed by atoms with Crippen LogP contribution in [0.25, 0.3) is 0 Å². The highest BCUT2D eigenvalue weighted by molar-refractivity contribution is 4.97. The van der Waals surface area contributed by atoms with E-state index in [1.54, 1.807) is 0 Å². The van der Waals surface area contributed by atoms with Crippen LogP contribution < -0.4 is 5.73 Å². The lowest BCUT2D eigenvalue weighted by molar-refractivity contribution is 0.0434. The number of hydrogen-bond donors (Lipinski definition) is 1. The van der Waals surface area contributed by atoms with E-state index < -0.39 is 0 Å². The second-order valence-corrected chi connectivity index (χ2v) is 7.42. The van der Waals surface area contributed by atoms with Crippen molar-refractivity contribution < 1.29 is 0 Å². The molecule has 0 aromatic rings. The van der Waals surface area contributed by atoms with Crippen molar-refractivity contribution in [3.63, 3.8) is 0 Å². The quantitative estimate of drug-likeness (QED) is 0.838. The Balaban J connectivity index is 1.92. The fourth-order valence-corrected chi connectivity index (χ4v) is 4.21. The highest BCUT2D eigenvalue weighted by Gasteiger charge is 2.39. The van der Waals surface area contributed by atoms with Crippen molar-refractivity contribution in [1.29, 1.82) is 0 Å². The predicted octanol–water partition coefficient (Wildman–Crippen LogP) is 3.79. The first-order chi connectivity index (χ1) is 9.05. The van der Waals surface area contributed by atoms with Gasteiger partial charge in [-0.1, -0.05) is 32.6 Å². The average molecular weight is 266 g/mol. The Labute approximate surface area is 120 Å². The molecule has 2 nitrogen and oxygen atoms in total. The van der Waals surface area contributed by atoms with Crippen molar-refractivity contribution in [3.05, 3.63) is 0 Å². The second kappa shape index (κ2) is 6.58. The van der Waals surface area contributed by atoms with Gasteiger partial charge < -0.3 is 5.73 Å².